The third-order valence-electron chi connectivity index (χ3n) is 7.07. The Kier molecular flexibility index (Phi) is 4.65. The summed E-state index contributed by atoms with van der Waals surface area (Å²) < 4.78 is 15.2. The van der Waals surface area contributed by atoms with Gasteiger partial charge in [0.15, 0.2) is 5.82 Å². The van der Waals surface area contributed by atoms with E-state index in [9.17, 15) is 4.79 Å². The topological polar surface area (TPSA) is 86.8 Å². The zero-order chi connectivity index (χ0) is 22.7. The van der Waals surface area contributed by atoms with Gasteiger partial charge in [0.2, 0.25) is 0 Å². The maximum absolute atomic E-state index is 15.2. The summed E-state index contributed by atoms with van der Waals surface area (Å²) in [6.07, 6.45) is 6.79. The highest BCUT2D eigenvalue weighted by Gasteiger charge is 2.41. The summed E-state index contributed by atoms with van der Waals surface area (Å²) in [4.78, 5) is 23.7. The number of nitrogens with one attached hydrogen (secondary N) is 2. The summed E-state index contributed by atoms with van der Waals surface area (Å²) >= 11 is 0. The van der Waals surface area contributed by atoms with Gasteiger partial charge in [-0.3, -0.25) is 14.9 Å². The lowest BCUT2D eigenvalue weighted by molar-refractivity contribution is 0.0946. The molecule has 0 saturated heterocycles. The van der Waals surface area contributed by atoms with Gasteiger partial charge in [0, 0.05) is 41.7 Å². The molecule has 33 heavy (non-hydrogen) atoms. The Balaban J connectivity index is 1.45. The maximum Gasteiger partial charge on any atom is 0.269 e. The number of fused-ring (bicyclic) bond motifs is 9. The lowest BCUT2D eigenvalue weighted by atomic mass is 9.85. The minimum absolute atomic E-state index is 0.201. The molecule has 0 radical (unpaired) electrons. The normalized spacial score (nSPS) is 19.0. The molecule has 3 aromatic heterocycles. The second-order valence-corrected chi connectivity index (χ2v) is 9.40. The van der Waals surface area contributed by atoms with Gasteiger partial charge in [-0.25, -0.2) is 9.37 Å². The first-order chi connectivity index (χ1) is 16.0. The van der Waals surface area contributed by atoms with E-state index in [1.165, 1.54) is 17.2 Å². The molecule has 1 aromatic carbocycles. The third kappa shape index (κ3) is 3.20. The molecule has 0 spiro atoms. The Morgan fingerprint density at radius 3 is 2.79 bits per heavy atom. The summed E-state index contributed by atoms with van der Waals surface area (Å²) in [6, 6.07) is 5.07. The van der Waals surface area contributed by atoms with E-state index in [0.717, 1.165) is 47.8 Å². The Labute approximate surface area is 190 Å². The number of halogens is 1. The number of benzene rings is 1. The molecule has 3 heterocycles. The number of hydrogen-bond acceptors (Lipinski definition) is 5. The molecular formula is C25H25FN6O. The predicted molar refractivity (Wildman–Crippen MR) is 125 cm³/mol. The standard InChI is InChI=1S/C25H25FN6O/c1-32(2)8-7-27-25(33)18-6-5-15(11-28-18)23-21-14-4-3-13(9-14)20(21)22-16-12-29-31-19(16)10-17(26)24(22)30-23/h5-6,10-14H,3-4,7-9H2,1-2H3,(H,27,33)(H,29,31). The second-order valence-electron chi connectivity index (χ2n) is 9.40. The zero-order valence-corrected chi connectivity index (χ0v) is 18.7. The highest BCUT2D eigenvalue weighted by atomic mass is 19.1. The number of hydrogen-bond donors (Lipinski definition) is 2. The highest BCUT2D eigenvalue weighted by Crippen LogP contribution is 2.58. The summed E-state index contributed by atoms with van der Waals surface area (Å²) in [5, 5.41) is 11.8. The molecule has 2 aliphatic carbocycles. The van der Waals surface area contributed by atoms with Crippen molar-refractivity contribution in [3.63, 3.8) is 0 Å². The highest BCUT2D eigenvalue weighted by molar-refractivity contribution is 6.08. The lowest BCUT2D eigenvalue weighted by Crippen LogP contribution is -2.31. The summed E-state index contributed by atoms with van der Waals surface area (Å²) in [5.41, 5.74) is 5.50. The van der Waals surface area contributed by atoms with E-state index >= 15 is 4.39 Å². The number of likely N-dealkylation sites (N-methyl/N-ethyl adjacent to an activating group) is 1. The molecule has 168 valence electrons. The molecule has 7 nitrogen and oxygen atoms in total. The number of aromatic amines is 1. The Hall–Kier alpha value is -3.39. The van der Waals surface area contributed by atoms with Gasteiger partial charge < -0.3 is 10.2 Å². The number of carbonyl (C=O) groups excluding carboxylic acids is 1. The van der Waals surface area contributed by atoms with Gasteiger partial charge in [-0.2, -0.15) is 5.10 Å². The monoisotopic (exact) mass is 444 g/mol. The SMILES string of the molecule is CN(C)CCNC(=O)c1ccc(-c2nc3c(F)cc4[nH]ncc4c3c3c2C2CCC3C2)cn1. The van der Waals surface area contributed by atoms with Crippen LogP contribution in [0, 0.1) is 5.82 Å². The molecule has 1 amide bonds. The van der Waals surface area contributed by atoms with Crippen LogP contribution in [0.3, 0.4) is 0 Å². The summed E-state index contributed by atoms with van der Waals surface area (Å²) in [6.45, 7) is 1.31. The van der Waals surface area contributed by atoms with Crippen LogP contribution in [0.4, 0.5) is 4.39 Å². The van der Waals surface area contributed by atoms with E-state index in [4.69, 9.17) is 4.98 Å². The van der Waals surface area contributed by atoms with Crippen molar-refractivity contribution in [1.29, 1.82) is 0 Å². The van der Waals surface area contributed by atoms with Gasteiger partial charge in [-0.1, -0.05) is 0 Å². The fraction of sp³-hybridized carbons (Fsp3) is 0.360. The van der Waals surface area contributed by atoms with Gasteiger partial charge in [-0.15, -0.1) is 0 Å². The smallest absolute Gasteiger partial charge is 0.269 e. The Bertz CT molecular complexity index is 1390. The third-order valence-corrected chi connectivity index (χ3v) is 7.07. The van der Waals surface area contributed by atoms with E-state index in [-0.39, 0.29) is 11.7 Å². The molecule has 2 atom stereocenters. The fourth-order valence-corrected chi connectivity index (χ4v) is 5.58. The number of pyridine rings is 2. The molecule has 4 aromatic rings. The number of nitrogens with zero attached hydrogens (tertiary/aromatic N) is 4. The molecule has 2 aliphatic rings. The number of H-pyrrole nitrogens is 1. The van der Waals surface area contributed by atoms with Crippen molar-refractivity contribution in [3.05, 3.63) is 53.2 Å². The first-order valence-corrected chi connectivity index (χ1v) is 11.4. The summed E-state index contributed by atoms with van der Waals surface area (Å²) in [7, 11) is 3.92. The first-order valence-electron chi connectivity index (χ1n) is 11.4. The summed E-state index contributed by atoms with van der Waals surface area (Å²) in [5.74, 6) is 0.297. The van der Waals surface area contributed by atoms with E-state index in [1.54, 1.807) is 18.5 Å². The first kappa shape index (κ1) is 20.2. The quantitative estimate of drug-likeness (QED) is 0.486. The van der Waals surface area contributed by atoms with Crippen LogP contribution in [0.25, 0.3) is 33.1 Å². The van der Waals surface area contributed by atoms with Crippen molar-refractivity contribution in [1.82, 2.24) is 30.4 Å². The van der Waals surface area contributed by atoms with Crippen LogP contribution in [0.2, 0.25) is 0 Å². The number of aromatic nitrogens is 4. The molecule has 6 rings (SSSR count). The van der Waals surface area contributed by atoms with Crippen LogP contribution in [-0.2, 0) is 0 Å². The zero-order valence-electron chi connectivity index (χ0n) is 18.7. The predicted octanol–water partition coefficient (Wildman–Crippen LogP) is 3.97. The van der Waals surface area contributed by atoms with Crippen molar-refractivity contribution in [2.45, 2.75) is 31.1 Å². The van der Waals surface area contributed by atoms with Gasteiger partial charge in [0.25, 0.3) is 5.91 Å². The van der Waals surface area contributed by atoms with E-state index in [0.29, 0.717) is 35.1 Å². The van der Waals surface area contributed by atoms with Crippen molar-refractivity contribution >= 4 is 27.7 Å². The molecule has 8 heteroatoms. The average Bonchev–Trinajstić information content (AvgIpc) is 3.55. The van der Waals surface area contributed by atoms with Crippen LogP contribution in [0.5, 0.6) is 0 Å². The van der Waals surface area contributed by atoms with Crippen LogP contribution in [-0.4, -0.2) is 58.2 Å². The molecule has 0 aliphatic heterocycles. The molecular weight excluding hydrogens is 419 g/mol. The number of carbonyl (C=O) groups is 1. The average molecular weight is 445 g/mol. The minimum atomic E-state index is -0.349. The minimum Gasteiger partial charge on any atom is -0.349 e. The van der Waals surface area contributed by atoms with Gasteiger partial charge in [0.1, 0.15) is 11.2 Å². The van der Waals surface area contributed by atoms with E-state index in [1.807, 2.05) is 25.1 Å². The van der Waals surface area contributed by atoms with Crippen molar-refractivity contribution in [2.24, 2.45) is 0 Å². The molecule has 1 saturated carbocycles. The van der Waals surface area contributed by atoms with Crippen molar-refractivity contribution < 1.29 is 9.18 Å². The molecule has 2 N–H and O–H groups in total. The van der Waals surface area contributed by atoms with Gasteiger partial charge in [-0.05, 0) is 68.5 Å². The lowest BCUT2D eigenvalue weighted by Gasteiger charge is -2.21. The number of rotatable bonds is 5. The van der Waals surface area contributed by atoms with Crippen molar-refractivity contribution in [3.8, 4) is 11.3 Å². The van der Waals surface area contributed by atoms with Crippen LogP contribution in [0.15, 0.2) is 30.6 Å². The maximum atomic E-state index is 15.2. The van der Waals surface area contributed by atoms with Crippen LogP contribution < -0.4 is 5.32 Å². The molecule has 2 bridgehead atoms. The van der Waals surface area contributed by atoms with Crippen LogP contribution >= 0.6 is 0 Å². The molecule has 2 unspecified atom stereocenters. The number of amides is 1. The Morgan fingerprint density at radius 1 is 1.21 bits per heavy atom. The van der Waals surface area contributed by atoms with Gasteiger partial charge in [0.05, 0.1) is 17.4 Å². The van der Waals surface area contributed by atoms with Crippen LogP contribution in [0.1, 0.15) is 52.7 Å². The fourth-order valence-electron chi connectivity index (χ4n) is 5.58. The largest absolute Gasteiger partial charge is 0.349 e. The van der Waals surface area contributed by atoms with Gasteiger partial charge >= 0.3 is 0 Å². The Morgan fingerprint density at radius 2 is 2.03 bits per heavy atom. The second kappa shape index (κ2) is 7.59. The molecule has 1 fully saturated rings. The van der Waals surface area contributed by atoms with Crippen molar-refractivity contribution in [2.75, 3.05) is 27.2 Å². The van der Waals surface area contributed by atoms with E-state index < -0.39 is 0 Å². The van der Waals surface area contributed by atoms with E-state index in [2.05, 4.69) is 20.5 Å².